The van der Waals surface area contributed by atoms with Gasteiger partial charge in [-0.25, -0.2) is 8.42 Å². The van der Waals surface area contributed by atoms with E-state index in [0.29, 0.717) is 5.02 Å². The number of rotatable bonds is 6. The van der Waals surface area contributed by atoms with Gasteiger partial charge in [-0.15, -0.1) is 11.3 Å². The summed E-state index contributed by atoms with van der Waals surface area (Å²) in [5.41, 5.74) is 1.06. The van der Waals surface area contributed by atoms with Crippen molar-refractivity contribution in [2.45, 2.75) is 10.8 Å². The first-order valence-corrected chi connectivity index (χ1v) is 10.5. The predicted molar refractivity (Wildman–Crippen MR) is 106 cm³/mol. The standard InChI is InChI=1S/C18H15ClN2O4S2/c19-13-5-3-12(4-6-13)11-20-18(23)15-8-7-14(10-16(15)22)21-27(24,25)17-2-1-9-26-17/h1-10,21-22H,11H2,(H,20,23). The number of hydrogen-bond acceptors (Lipinski definition) is 5. The molecule has 27 heavy (non-hydrogen) atoms. The zero-order chi connectivity index (χ0) is 19.4. The van der Waals surface area contributed by atoms with Crippen LogP contribution in [0, 0.1) is 0 Å². The molecule has 9 heteroatoms. The number of hydrogen-bond donors (Lipinski definition) is 3. The van der Waals surface area contributed by atoms with Crippen LogP contribution in [-0.4, -0.2) is 19.4 Å². The van der Waals surface area contributed by atoms with E-state index in [1.54, 1.807) is 35.7 Å². The summed E-state index contributed by atoms with van der Waals surface area (Å²) in [6.07, 6.45) is 0. The highest BCUT2D eigenvalue weighted by Crippen LogP contribution is 2.25. The normalized spacial score (nSPS) is 11.1. The van der Waals surface area contributed by atoms with Crippen LogP contribution in [0.25, 0.3) is 0 Å². The molecule has 140 valence electrons. The third-order valence-corrected chi connectivity index (χ3v) is 6.65. The molecule has 2 aromatic carbocycles. The highest BCUT2D eigenvalue weighted by atomic mass is 35.5. The Balaban J connectivity index is 1.69. The van der Waals surface area contributed by atoms with E-state index in [1.807, 2.05) is 0 Å². The van der Waals surface area contributed by atoms with Crippen LogP contribution in [0.1, 0.15) is 15.9 Å². The van der Waals surface area contributed by atoms with Gasteiger partial charge in [0, 0.05) is 17.6 Å². The smallest absolute Gasteiger partial charge is 0.271 e. The van der Waals surface area contributed by atoms with Crippen molar-refractivity contribution in [3.8, 4) is 5.75 Å². The molecule has 3 aromatic rings. The largest absolute Gasteiger partial charge is 0.507 e. The molecule has 0 atom stereocenters. The van der Waals surface area contributed by atoms with E-state index in [9.17, 15) is 18.3 Å². The van der Waals surface area contributed by atoms with Gasteiger partial charge in [0.15, 0.2) is 0 Å². The lowest BCUT2D eigenvalue weighted by atomic mass is 10.1. The van der Waals surface area contributed by atoms with Gasteiger partial charge < -0.3 is 10.4 Å². The molecule has 0 bridgehead atoms. The first-order valence-electron chi connectivity index (χ1n) is 7.77. The maximum absolute atomic E-state index is 12.3. The van der Waals surface area contributed by atoms with E-state index in [-0.39, 0.29) is 27.8 Å². The monoisotopic (exact) mass is 422 g/mol. The Labute approximate surface area is 165 Å². The minimum absolute atomic E-state index is 0.0445. The molecule has 0 aliphatic heterocycles. The average Bonchev–Trinajstić information content (AvgIpc) is 3.16. The predicted octanol–water partition coefficient (Wildman–Crippen LogP) is 3.84. The van der Waals surface area contributed by atoms with E-state index in [0.717, 1.165) is 16.9 Å². The number of aromatic hydroxyl groups is 1. The van der Waals surface area contributed by atoms with Crippen molar-refractivity contribution in [1.29, 1.82) is 0 Å². The maximum atomic E-state index is 12.3. The molecule has 3 N–H and O–H groups in total. The van der Waals surface area contributed by atoms with Crippen molar-refractivity contribution in [3.05, 3.63) is 76.1 Å². The summed E-state index contributed by atoms with van der Waals surface area (Å²) in [4.78, 5) is 12.3. The SMILES string of the molecule is O=C(NCc1ccc(Cl)cc1)c1ccc(NS(=O)(=O)c2cccs2)cc1O. The highest BCUT2D eigenvalue weighted by Gasteiger charge is 2.17. The van der Waals surface area contributed by atoms with Crippen LogP contribution < -0.4 is 10.0 Å². The fourth-order valence-corrected chi connectivity index (χ4v) is 4.46. The zero-order valence-electron chi connectivity index (χ0n) is 13.8. The molecule has 0 radical (unpaired) electrons. The Hall–Kier alpha value is -2.55. The molecule has 1 heterocycles. The summed E-state index contributed by atoms with van der Waals surface area (Å²) in [7, 11) is -3.72. The van der Waals surface area contributed by atoms with Crippen molar-refractivity contribution in [3.63, 3.8) is 0 Å². The van der Waals surface area contributed by atoms with Gasteiger partial charge in [0.1, 0.15) is 9.96 Å². The summed E-state index contributed by atoms with van der Waals surface area (Å²) < 4.78 is 26.9. The van der Waals surface area contributed by atoms with Gasteiger partial charge in [-0.1, -0.05) is 29.8 Å². The molecule has 0 unspecified atom stereocenters. The lowest BCUT2D eigenvalue weighted by Gasteiger charge is -2.10. The Morgan fingerprint density at radius 2 is 1.85 bits per heavy atom. The number of anilines is 1. The molecular weight excluding hydrogens is 408 g/mol. The topological polar surface area (TPSA) is 95.5 Å². The second-order valence-corrected chi connectivity index (χ2v) is 8.87. The number of sulfonamides is 1. The number of benzene rings is 2. The van der Waals surface area contributed by atoms with Crippen LogP contribution >= 0.6 is 22.9 Å². The zero-order valence-corrected chi connectivity index (χ0v) is 16.2. The molecule has 0 aliphatic carbocycles. The Bertz CT molecular complexity index is 1050. The minimum Gasteiger partial charge on any atom is -0.507 e. The molecular formula is C18H15ClN2O4S2. The summed E-state index contributed by atoms with van der Waals surface area (Å²) in [6, 6.07) is 14.1. The van der Waals surface area contributed by atoms with Gasteiger partial charge in [-0.05, 0) is 41.3 Å². The molecule has 1 aromatic heterocycles. The quantitative estimate of drug-likeness (QED) is 0.562. The van der Waals surface area contributed by atoms with Crippen LogP contribution in [0.2, 0.25) is 5.02 Å². The highest BCUT2D eigenvalue weighted by molar-refractivity contribution is 7.94. The van der Waals surface area contributed by atoms with Crippen molar-refractivity contribution in [1.82, 2.24) is 5.32 Å². The summed E-state index contributed by atoms with van der Waals surface area (Å²) in [6.45, 7) is 0.266. The number of phenolic OH excluding ortho intramolecular Hbond substituents is 1. The number of halogens is 1. The van der Waals surface area contributed by atoms with Crippen molar-refractivity contribution >= 4 is 44.6 Å². The number of carbonyl (C=O) groups excluding carboxylic acids is 1. The summed E-state index contributed by atoms with van der Waals surface area (Å²) >= 11 is 6.90. The molecule has 0 aliphatic rings. The van der Waals surface area contributed by atoms with Crippen LogP contribution in [-0.2, 0) is 16.6 Å². The summed E-state index contributed by atoms with van der Waals surface area (Å²) in [5.74, 6) is -0.801. The van der Waals surface area contributed by atoms with E-state index >= 15 is 0 Å². The Morgan fingerprint density at radius 1 is 1.11 bits per heavy atom. The van der Waals surface area contributed by atoms with Gasteiger partial charge in [-0.3, -0.25) is 9.52 Å². The molecule has 3 rings (SSSR count). The first kappa shape index (κ1) is 19.2. The fourth-order valence-electron chi connectivity index (χ4n) is 2.29. The number of nitrogens with one attached hydrogen (secondary N) is 2. The van der Waals surface area contributed by atoms with Gasteiger partial charge in [0.05, 0.1) is 11.3 Å². The van der Waals surface area contributed by atoms with E-state index in [2.05, 4.69) is 10.0 Å². The number of phenols is 1. The number of thiophene rings is 1. The molecule has 0 saturated carbocycles. The number of carbonyl (C=O) groups is 1. The Kier molecular flexibility index (Phi) is 5.69. The second kappa shape index (κ2) is 7.99. The van der Waals surface area contributed by atoms with E-state index in [4.69, 9.17) is 11.6 Å². The number of amides is 1. The molecule has 1 amide bonds. The molecule has 0 saturated heterocycles. The van der Waals surface area contributed by atoms with E-state index in [1.165, 1.54) is 24.3 Å². The van der Waals surface area contributed by atoms with Crippen molar-refractivity contribution < 1.29 is 18.3 Å². The van der Waals surface area contributed by atoms with E-state index < -0.39 is 15.9 Å². The van der Waals surface area contributed by atoms with Crippen LogP contribution in [0.4, 0.5) is 5.69 Å². The lowest BCUT2D eigenvalue weighted by molar-refractivity contribution is 0.0948. The molecule has 6 nitrogen and oxygen atoms in total. The third-order valence-electron chi connectivity index (χ3n) is 3.62. The summed E-state index contributed by atoms with van der Waals surface area (Å²) in [5, 5.41) is 15.1. The van der Waals surface area contributed by atoms with Crippen molar-refractivity contribution in [2.24, 2.45) is 0 Å². The van der Waals surface area contributed by atoms with Gasteiger partial charge >= 0.3 is 0 Å². The first-order chi connectivity index (χ1) is 12.8. The van der Waals surface area contributed by atoms with Crippen molar-refractivity contribution in [2.75, 3.05) is 4.72 Å². The fraction of sp³-hybridized carbons (Fsp3) is 0.0556. The minimum atomic E-state index is -3.72. The van der Waals surface area contributed by atoms with Crippen LogP contribution in [0.15, 0.2) is 64.2 Å². The van der Waals surface area contributed by atoms with Gasteiger partial charge in [0.2, 0.25) is 0 Å². The lowest BCUT2D eigenvalue weighted by Crippen LogP contribution is -2.23. The maximum Gasteiger partial charge on any atom is 0.271 e. The Morgan fingerprint density at radius 3 is 2.48 bits per heavy atom. The molecule has 0 fully saturated rings. The average molecular weight is 423 g/mol. The second-order valence-electron chi connectivity index (χ2n) is 5.58. The third kappa shape index (κ3) is 4.79. The van der Waals surface area contributed by atoms with Gasteiger partial charge in [0.25, 0.3) is 15.9 Å². The van der Waals surface area contributed by atoms with Crippen LogP contribution in [0.5, 0.6) is 5.75 Å². The van der Waals surface area contributed by atoms with Crippen LogP contribution in [0.3, 0.4) is 0 Å². The molecule has 0 spiro atoms. The van der Waals surface area contributed by atoms with Gasteiger partial charge in [-0.2, -0.15) is 0 Å².